The standard InChI is InChI=1S/C13H19N3O3/c1-4-14-12-6-5-10(16(18)19)7-11(12)13(17)15-8-9(2)3/h5-7,9,14H,4,8H2,1-3H3,(H,15,17). The van der Waals surface area contributed by atoms with Gasteiger partial charge in [-0.15, -0.1) is 0 Å². The van der Waals surface area contributed by atoms with E-state index in [9.17, 15) is 14.9 Å². The van der Waals surface area contributed by atoms with Crippen LogP contribution < -0.4 is 10.6 Å². The quantitative estimate of drug-likeness (QED) is 0.611. The molecule has 0 aliphatic heterocycles. The van der Waals surface area contributed by atoms with Crippen molar-refractivity contribution in [2.45, 2.75) is 20.8 Å². The Hall–Kier alpha value is -2.11. The average molecular weight is 265 g/mol. The topological polar surface area (TPSA) is 84.3 Å². The van der Waals surface area contributed by atoms with Gasteiger partial charge in [0.1, 0.15) is 0 Å². The summed E-state index contributed by atoms with van der Waals surface area (Å²) >= 11 is 0. The SMILES string of the molecule is CCNc1ccc([N+](=O)[O-])cc1C(=O)NCC(C)C. The monoisotopic (exact) mass is 265 g/mol. The van der Waals surface area contributed by atoms with Gasteiger partial charge in [-0.05, 0) is 18.9 Å². The highest BCUT2D eigenvalue weighted by atomic mass is 16.6. The van der Waals surface area contributed by atoms with E-state index in [-0.39, 0.29) is 11.6 Å². The molecule has 1 rings (SSSR count). The van der Waals surface area contributed by atoms with E-state index in [0.29, 0.717) is 30.3 Å². The third kappa shape index (κ3) is 4.24. The summed E-state index contributed by atoms with van der Waals surface area (Å²) in [6.45, 7) is 7.05. The van der Waals surface area contributed by atoms with Crippen LogP contribution in [-0.4, -0.2) is 23.9 Å². The maximum absolute atomic E-state index is 12.0. The van der Waals surface area contributed by atoms with Crippen LogP contribution in [0.25, 0.3) is 0 Å². The fraction of sp³-hybridized carbons (Fsp3) is 0.462. The number of carbonyl (C=O) groups is 1. The number of nitro benzene ring substituents is 1. The van der Waals surface area contributed by atoms with E-state index < -0.39 is 4.92 Å². The first kappa shape index (κ1) is 14.9. The third-order valence-corrected chi connectivity index (χ3v) is 2.50. The zero-order valence-electron chi connectivity index (χ0n) is 11.4. The van der Waals surface area contributed by atoms with Crippen LogP contribution in [0.1, 0.15) is 31.1 Å². The molecule has 1 aromatic rings. The number of hydrogen-bond donors (Lipinski definition) is 2. The summed E-state index contributed by atoms with van der Waals surface area (Å²) in [5.41, 5.74) is 0.822. The predicted octanol–water partition coefficient (Wildman–Crippen LogP) is 2.41. The van der Waals surface area contributed by atoms with Crippen molar-refractivity contribution in [3.63, 3.8) is 0 Å². The summed E-state index contributed by atoms with van der Waals surface area (Å²) in [5.74, 6) is 0.0265. The number of anilines is 1. The first-order valence-electron chi connectivity index (χ1n) is 6.26. The summed E-state index contributed by atoms with van der Waals surface area (Å²) in [4.78, 5) is 22.3. The van der Waals surface area contributed by atoms with Gasteiger partial charge in [0.15, 0.2) is 0 Å². The minimum absolute atomic E-state index is 0.0867. The largest absolute Gasteiger partial charge is 0.385 e. The molecule has 19 heavy (non-hydrogen) atoms. The summed E-state index contributed by atoms with van der Waals surface area (Å²) in [6, 6.07) is 4.25. The lowest BCUT2D eigenvalue weighted by molar-refractivity contribution is -0.384. The number of nitrogens with zero attached hydrogens (tertiary/aromatic N) is 1. The highest BCUT2D eigenvalue weighted by Gasteiger charge is 2.16. The van der Waals surface area contributed by atoms with E-state index in [2.05, 4.69) is 10.6 Å². The third-order valence-electron chi connectivity index (χ3n) is 2.50. The number of nitrogens with one attached hydrogen (secondary N) is 2. The lowest BCUT2D eigenvalue weighted by Crippen LogP contribution is -2.28. The van der Waals surface area contributed by atoms with Crippen LogP contribution >= 0.6 is 0 Å². The number of non-ortho nitro benzene ring substituents is 1. The van der Waals surface area contributed by atoms with Gasteiger partial charge in [0, 0.05) is 30.9 Å². The van der Waals surface area contributed by atoms with Gasteiger partial charge < -0.3 is 10.6 Å². The van der Waals surface area contributed by atoms with Gasteiger partial charge in [-0.25, -0.2) is 0 Å². The minimum atomic E-state index is -0.505. The number of amides is 1. The van der Waals surface area contributed by atoms with Crippen molar-refractivity contribution in [1.29, 1.82) is 0 Å². The molecule has 0 aromatic heterocycles. The van der Waals surface area contributed by atoms with Gasteiger partial charge in [-0.2, -0.15) is 0 Å². The van der Waals surface area contributed by atoms with Gasteiger partial charge >= 0.3 is 0 Å². The average Bonchev–Trinajstić information content (AvgIpc) is 2.36. The highest BCUT2D eigenvalue weighted by Crippen LogP contribution is 2.22. The number of carbonyl (C=O) groups excluding carboxylic acids is 1. The smallest absolute Gasteiger partial charge is 0.270 e. The second kappa shape index (κ2) is 6.72. The number of hydrogen-bond acceptors (Lipinski definition) is 4. The number of rotatable bonds is 6. The molecule has 0 bridgehead atoms. The molecule has 0 saturated heterocycles. The molecule has 104 valence electrons. The Morgan fingerprint density at radius 3 is 2.63 bits per heavy atom. The van der Waals surface area contributed by atoms with Gasteiger partial charge in [-0.1, -0.05) is 13.8 Å². The Morgan fingerprint density at radius 1 is 1.42 bits per heavy atom. The normalized spacial score (nSPS) is 10.3. The zero-order valence-corrected chi connectivity index (χ0v) is 11.4. The van der Waals surface area contributed by atoms with E-state index in [0.717, 1.165) is 0 Å². The van der Waals surface area contributed by atoms with Crippen molar-refractivity contribution in [3.05, 3.63) is 33.9 Å². The Morgan fingerprint density at radius 2 is 2.11 bits per heavy atom. The van der Waals surface area contributed by atoms with Crippen molar-refractivity contribution < 1.29 is 9.72 Å². The molecule has 1 amide bonds. The molecule has 6 heteroatoms. The molecular formula is C13H19N3O3. The predicted molar refractivity (Wildman–Crippen MR) is 74.4 cm³/mol. The molecule has 0 fully saturated rings. The number of benzene rings is 1. The molecule has 2 N–H and O–H groups in total. The van der Waals surface area contributed by atoms with Gasteiger partial charge in [0.05, 0.1) is 10.5 Å². The molecule has 1 aromatic carbocycles. The van der Waals surface area contributed by atoms with Crippen molar-refractivity contribution in [3.8, 4) is 0 Å². The zero-order chi connectivity index (χ0) is 14.4. The van der Waals surface area contributed by atoms with E-state index in [1.807, 2.05) is 20.8 Å². The number of nitro groups is 1. The van der Waals surface area contributed by atoms with Crippen LogP contribution in [0.15, 0.2) is 18.2 Å². The van der Waals surface area contributed by atoms with Crippen LogP contribution in [-0.2, 0) is 0 Å². The Labute approximate surface area is 112 Å². The molecular weight excluding hydrogens is 246 g/mol. The Balaban J connectivity index is 3.02. The summed E-state index contributed by atoms with van der Waals surface area (Å²) < 4.78 is 0. The molecule has 0 saturated carbocycles. The summed E-state index contributed by atoms with van der Waals surface area (Å²) in [5, 5.41) is 16.6. The molecule has 0 radical (unpaired) electrons. The molecule has 0 aliphatic rings. The fourth-order valence-electron chi connectivity index (χ4n) is 1.57. The van der Waals surface area contributed by atoms with Crippen molar-refractivity contribution in [2.24, 2.45) is 5.92 Å². The van der Waals surface area contributed by atoms with Crippen LogP contribution in [0.2, 0.25) is 0 Å². The first-order valence-corrected chi connectivity index (χ1v) is 6.26. The van der Waals surface area contributed by atoms with Gasteiger partial charge in [-0.3, -0.25) is 14.9 Å². The summed E-state index contributed by atoms with van der Waals surface area (Å²) in [7, 11) is 0. The van der Waals surface area contributed by atoms with E-state index in [4.69, 9.17) is 0 Å². The van der Waals surface area contributed by atoms with Crippen LogP contribution in [0, 0.1) is 16.0 Å². The van der Waals surface area contributed by atoms with Gasteiger partial charge in [0.2, 0.25) is 0 Å². The van der Waals surface area contributed by atoms with Crippen LogP contribution in [0.4, 0.5) is 11.4 Å². The van der Waals surface area contributed by atoms with Crippen LogP contribution in [0.3, 0.4) is 0 Å². The van der Waals surface area contributed by atoms with Crippen molar-refractivity contribution >= 4 is 17.3 Å². The van der Waals surface area contributed by atoms with Crippen molar-refractivity contribution in [1.82, 2.24) is 5.32 Å². The maximum Gasteiger partial charge on any atom is 0.270 e. The lowest BCUT2D eigenvalue weighted by atomic mass is 10.1. The van der Waals surface area contributed by atoms with E-state index >= 15 is 0 Å². The fourth-order valence-corrected chi connectivity index (χ4v) is 1.57. The van der Waals surface area contributed by atoms with Crippen molar-refractivity contribution in [2.75, 3.05) is 18.4 Å². The maximum atomic E-state index is 12.0. The highest BCUT2D eigenvalue weighted by molar-refractivity contribution is 6.00. The molecule has 0 aliphatic carbocycles. The van der Waals surface area contributed by atoms with E-state index in [1.54, 1.807) is 6.07 Å². The Bertz CT molecular complexity index is 472. The first-order chi connectivity index (χ1) is 8.95. The molecule has 0 atom stereocenters. The summed E-state index contributed by atoms with van der Waals surface area (Å²) in [6.07, 6.45) is 0. The minimum Gasteiger partial charge on any atom is -0.385 e. The second-order valence-electron chi connectivity index (χ2n) is 4.62. The van der Waals surface area contributed by atoms with Gasteiger partial charge in [0.25, 0.3) is 11.6 Å². The lowest BCUT2D eigenvalue weighted by Gasteiger charge is -2.12. The second-order valence-corrected chi connectivity index (χ2v) is 4.62. The van der Waals surface area contributed by atoms with Crippen LogP contribution in [0.5, 0.6) is 0 Å². The molecule has 0 spiro atoms. The van der Waals surface area contributed by atoms with E-state index in [1.165, 1.54) is 12.1 Å². The molecule has 0 heterocycles. The molecule has 6 nitrogen and oxygen atoms in total. The Kier molecular flexibility index (Phi) is 5.29. The molecule has 0 unspecified atom stereocenters.